The summed E-state index contributed by atoms with van der Waals surface area (Å²) in [5.74, 6) is -1.17. The van der Waals surface area contributed by atoms with Gasteiger partial charge in [-0.1, -0.05) is 43.3 Å². The summed E-state index contributed by atoms with van der Waals surface area (Å²) in [5, 5.41) is 12.0. The van der Waals surface area contributed by atoms with E-state index in [0.29, 0.717) is 11.1 Å². The minimum Gasteiger partial charge on any atom is -0.493 e. The van der Waals surface area contributed by atoms with Gasteiger partial charge in [0.25, 0.3) is 5.56 Å². The Balaban J connectivity index is 2.43. The molecule has 2 aromatic carbocycles. The molecule has 0 aliphatic rings. The first-order valence-electron chi connectivity index (χ1n) is 7.14. The number of aromatic nitrogens is 2. The van der Waals surface area contributed by atoms with Crippen LogP contribution in [0.25, 0.3) is 16.5 Å². The smallest absolute Gasteiger partial charge is 0.335 e. The number of fused-ring (bicyclic) bond motifs is 1. The lowest BCUT2D eigenvalue weighted by Crippen LogP contribution is -2.33. The van der Waals surface area contributed by atoms with Crippen LogP contribution in [0.3, 0.4) is 0 Å². The molecular formula is C17H14N2O4. The molecule has 0 aliphatic carbocycles. The number of benzene rings is 2. The SMILES string of the molecule is CCC(=O)c1c(O)n(-c2cccc3ccccc23)c(=O)[nH]c1=O. The Morgan fingerprint density at radius 3 is 2.57 bits per heavy atom. The molecule has 116 valence electrons. The topological polar surface area (TPSA) is 92.2 Å². The van der Waals surface area contributed by atoms with Crippen molar-refractivity contribution in [2.45, 2.75) is 13.3 Å². The average Bonchev–Trinajstić information content (AvgIpc) is 2.54. The molecule has 0 unspecified atom stereocenters. The number of H-pyrrole nitrogens is 1. The van der Waals surface area contributed by atoms with E-state index in [2.05, 4.69) is 4.98 Å². The van der Waals surface area contributed by atoms with Crippen molar-refractivity contribution in [3.8, 4) is 11.6 Å². The lowest BCUT2D eigenvalue weighted by atomic mass is 10.1. The second-order valence-electron chi connectivity index (χ2n) is 5.07. The van der Waals surface area contributed by atoms with Crippen molar-refractivity contribution >= 4 is 16.6 Å². The monoisotopic (exact) mass is 310 g/mol. The number of nitrogens with one attached hydrogen (secondary N) is 1. The van der Waals surface area contributed by atoms with Gasteiger partial charge in [-0.2, -0.15) is 0 Å². The first-order valence-corrected chi connectivity index (χ1v) is 7.14. The Morgan fingerprint density at radius 1 is 1.13 bits per heavy atom. The molecule has 2 N–H and O–H groups in total. The van der Waals surface area contributed by atoms with Gasteiger partial charge in [-0.15, -0.1) is 0 Å². The molecule has 3 aromatic rings. The van der Waals surface area contributed by atoms with Crippen LogP contribution in [0.1, 0.15) is 23.7 Å². The molecule has 0 atom stereocenters. The van der Waals surface area contributed by atoms with E-state index in [-0.39, 0.29) is 6.42 Å². The van der Waals surface area contributed by atoms with Crippen molar-refractivity contribution in [2.24, 2.45) is 0 Å². The van der Waals surface area contributed by atoms with E-state index in [4.69, 9.17) is 0 Å². The number of carbonyl (C=O) groups is 1. The summed E-state index contributed by atoms with van der Waals surface area (Å²) in [7, 11) is 0. The summed E-state index contributed by atoms with van der Waals surface area (Å²) in [4.78, 5) is 38.1. The van der Waals surface area contributed by atoms with Crippen molar-refractivity contribution in [1.82, 2.24) is 9.55 Å². The molecule has 0 bridgehead atoms. The van der Waals surface area contributed by atoms with Gasteiger partial charge in [-0.3, -0.25) is 14.6 Å². The molecule has 0 saturated carbocycles. The maximum Gasteiger partial charge on any atom is 0.335 e. The minimum atomic E-state index is -0.879. The normalized spacial score (nSPS) is 10.8. The fraction of sp³-hybridized carbons (Fsp3) is 0.118. The fourth-order valence-electron chi connectivity index (χ4n) is 2.58. The molecular weight excluding hydrogens is 296 g/mol. The van der Waals surface area contributed by atoms with Gasteiger partial charge in [0.1, 0.15) is 5.56 Å². The molecule has 23 heavy (non-hydrogen) atoms. The molecule has 6 nitrogen and oxygen atoms in total. The number of hydrogen-bond donors (Lipinski definition) is 2. The van der Waals surface area contributed by atoms with Crippen LogP contribution in [-0.2, 0) is 0 Å². The van der Waals surface area contributed by atoms with Crippen LogP contribution in [0.5, 0.6) is 5.88 Å². The second-order valence-corrected chi connectivity index (χ2v) is 5.07. The Hall–Kier alpha value is -3.15. The van der Waals surface area contributed by atoms with E-state index in [9.17, 15) is 19.5 Å². The molecule has 0 spiro atoms. The molecule has 0 amide bonds. The fourth-order valence-corrected chi connectivity index (χ4v) is 2.58. The van der Waals surface area contributed by atoms with Crippen molar-refractivity contribution < 1.29 is 9.90 Å². The first kappa shape index (κ1) is 14.8. The largest absolute Gasteiger partial charge is 0.493 e. The van der Waals surface area contributed by atoms with Crippen molar-refractivity contribution in [3.05, 3.63) is 68.9 Å². The number of aromatic hydroxyl groups is 1. The van der Waals surface area contributed by atoms with Crippen LogP contribution in [-0.4, -0.2) is 20.4 Å². The number of rotatable bonds is 3. The molecule has 1 heterocycles. The number of Topliss-reactive ketones (excluding diaryl/α,β-unsaturated/α-hetero) is 1. The van der Waals surface area contributed by atoms with Gasteiger partial charge in [0, 0.05) is 11.8 Å². The van der Waals surface area contributed by atoms with Crippen LogP contribution >= 0.6 is 0 Å². The van der Waals surface area contributed by atoms with Gasteiger partial charge < -0.3 is 5.11 Å². The van der Waals surface area contributed by atoms with E-state index in [1.807, 2.05) is 18.2 Å². The number of hydrogen-bond acceptors (Lipinski definition) is 4. The molecule has 3 rings (SSSR count). The van der Waals surface area contributed by atoms with Crippen LogP contribution in [0, 0.1) is 0 Å². The number of carbonyl (C=O) groups excluding carboxylic acids is 1. The third-order valence-corrected chi connectivity index (χ3v) is 3.69. The molecule has 0 fully saturated rings. The van der Waals surface area contributed by atoms with Crippen LogP contribution in [0.4, 0.5) is 0 Å². The molecule has 6 heteroatoms. The first-order chi connectivity index (χ1) is 11.0. The predicted molar refractivity (Wildman–Crippen MR) is 86.5 cm³/mol. The zero-order valence-electron chi connectivity index (χ0n) is 12.4. The van der Waals surface area contributed by atoms with Gasteiger partial charge in [0.05, 0.1) is 5.69 Å². The van der Waals surface area contributed by atoms with Gasteiger partial charge in [0.2, 0.25) is 5.88 Å². The maximum atomic E-state index is 12.2. The lowest BCUT2D eigenvalue weighted by Gasteiger charge is -2.12. The highest BCUT2D eigenvalue weighted by atomic mass is 16.3. The van der Waals surface area contributed by atoms with Gasteiger partial charge in [-0.05, 0) is 11.5 Å². The third kappa shape index (κ3) is 2.34. The standard InChI is InChI=1S/C17H14N2O4/c1-2-13(20)14-15(21)18-17(23)19(16(14)22)12-9-5-7-10-6-3-4-8-11(10)12/h3-9,22H,2H2,1H3,(H,18,21,23). The molecule has 0 saturated heterocycles. The van der Waals surface area contributed by atoms with Gasteiger partial charge in [0.15, 0.2) is 5.78 Å². The highest BCUT2D eigenvalue weighted by Crippen LogP contribution is 2.25. The van der Waals surface area contributed by atoms with Gasteiger partial charge >= 0.3 is 5.69 Å². The summed E-state index contributed by atoms with van der Waals surface area (Å²) >= 11 is 0. The predicted octanol–water partition coefficient (Wildman–Crippen LogP) is 1.98. The Morgan fingerprint density at radius 2 is 1.83 bits per heavy atom. The van der Waals surface area contributed by atoms with E-state index in [1.165, 1.54) is 0 Å². The highest BCUT2D eigenvalue weighted by Gasteiger charge is 2.21. The molecule has 0 radical (unpaired) electrons. The lowest BCUT2D eigenvalue weighted by molar-refractivity contribution is 0.0982. The zero-order chi connectivity index (χ0) is 16.6. The van der Waals surface area contributed by atoms with Crippen molar-refractivity contribution in [3.63, 3.8) is 0 Å². The van der Waals surface area contributed by atoms with Gasteiger partial charge in [-0.25, -0.2) is 9.36 Å². The maximum absolute atomic E-state index is 12.2. The number of ketones is 1. The van der Waals surface area contributed by atoms with Crippen LogP contribution in [0.2, 0.25) is 0 Å². The van der Waals surface area contributed by atoms with E-state index < -0.39 is 28.5 Å². The van der Waals surface area contributed by atoms with E-state index in [0.717, 1.165) is 9.95 Å². The van der Waals surface area contributed by atoms with E-state index in [1.54, 1.807) is 31.2 Å². The average molecular weight is 310 g/mol. The summed E-state index contributed by atoms with van der Waals surface area (Å²) < 4.78 is 0.951. The Kier molecular flexibility index (Phi) is 3.57. The Labute approximate surface area is 130 Å². The van der Waals surface area contributed by atoms with Crippen LogP contribution in [0.15, 0.2) is 52.1 Å². The Bertz CT molecular complexity index is 1030. The second kappa shape index (κ2) is 5.57. The van der Waals surface area contributed by atoms with Crippen molar-refractivity contribution in [1.29, 1.82) is 0 Å². The summed E-state index contributed by atoms with van der Waals surface area (Å²) in [6, 6.07) is 12.6. The molecule has 1 aromatic heterocycles. The third-order valence-electron chi connectivity index (χ3n) is 3.69. The van der Waals surface area contributed by atoms with Crippen LogP contribution < -0.4 is 11.2 Å². The minimum absolute atomic E-state index is 0.0460. The molecule has 0 aliphatic heterocycles. The summed E-state index contributed by atoms with van der Waals surface area (Å²) in [5.41, 5.74) is -1.68. The van der Waals surface area contributed by atoms with Crippen molar-refractivity contribution in [2.75, 3.05) is 0 Å². The quantitative estimate of drug-likeness (QED) is 0.723. The summed E-state index contributed by atoms with van der Waals surface area (Å²) in [6.07, 6.45) is 0.0460. The van der Waals surface area contributed by atoms with E-state index >= 15 is 0 Å². The zero-order valence-corrected chi connectivity index (χ0v) is 12.4. The number of aromatic amines is 1. The number of nitrogens with zero attached hydrogens (tertiary/aromatic N) is 1. The summed E-state index contributed by atoms with van der Waals surface area (Å²) in [6.45, 7) is 1.58. The highest BCUT2D eigenvalue weighted by molar-refractivity contribution is 5.98.